The van der Waals surface area contributed by atoms with E-state index in [0.717, 1.165) is 49.7 Å². The van der Waals surface area contributed by atoms with Gasteiger partial charge in [-0.05, 0) is 30.5 Å². The molecule has 0 aromatic heterocycles. The number of fused-ring (bicyclic) bond motifs is 1. The van der Waals surface area contributed by atoms with E-state index in [1.807, 2.05) is 12.1 Å². The van der Waals surface area contributed by atoms with Crippen molar-refractivity contribution in [1.82, 2.24) is 10.6 Å². The molecule has 2 aliphatic rings. The van der Waals surface area contributed by atoms with Crippen LogP contribution in [0.5, 0.6) is 11.5 Å². The summed E-state index contributed by atoms with van der Waals surface area (Å²) >= 11 is 6.21. The van der Waals surface area contributed by atoms with Crippen molar-refractivity contribution in [1.29, 1.82) is 0 Å². The maximum absolute atomic E-state index is 6.21. The van der Waals surface area contributed by atoms with Crippen molar-refractivity contribution in [2.45, 2.75) is 12.8 Å². The minimum atomic E-state index is 0.555. The molecular weight excluding hydrogens is 278 g/mol. The van der Waals surface area contributed by atoms with Crippen LogP contribution in [-0.4, -0.2) is 38.8 Å². The lowest BCUT2D eigenvalue weighted by atomic mass is 10.1. The Morgan fingerprint density at radius 3 is 3.05 bits per heavy atom. The molecule has 0 spiro atoms. The molecule has 1 aromatic rings. The van der Waals surface area contributed by atoms with Crippen LogP contribution in [0.1, 0.15) is 12.0 Å². The number of benzene rings is 1. The van der Waals surface area contributed by atoms with Gasteiger partial charge in [0.15, 0.2) is 17.5 Å². The number of guanidine groups is 1. The van der Waals surface area contributed by atoms with E-state index >= 15 is 0 Å². The highest BCUT2D eigenvalue weighted by atomic mass is 35.5. The van der Waals surface area contributed by atoms with Gasteiger partial charge in [-0.2, -0.15) is 0 Å². The second-order valence-corrected chi connectivity index (χ2v) is 5.20. The topological polar surface area (TPSA) is 54.9 Å². The fourth-order valence-corrected chi connectivity index (χ4v) is 2.57. The first-order chi connectivity index (χ1) is 9.83. The Morgan fingerprint density at radius 1 is 1.30 bits per heavy atom. The molecule has 0 saturated carbocycles. The van der Waals surface area contributed by atoms with Crippen molar-refractivity contribution in [2.24, 2.45) is 4.99 Å². The van der Waals surface area contributed by atoms with E-state index in [4.69, 9.17) is 21.1 Å². The van der Waals surface area contributed by atoms with Crippen molar-refractivity contribution in [3.63, 3.8) is 0 Å². The number of hydrogen-bond donors (Lipinski definition) is 2. The molecule has 0 fully saturated rings. The van der Waals surface area contributed by atoms with Gasteiger partial charge < -0.3 is 20.1 Å². The average molecular weight is 296 g/mol. The number of hydrogen-bond acceptors (Lipinski definition) is 5. The molecule has 20 heavy (non-hydrogen) atoms. The third-order valence-electron chi connectivity index (χ3n) is 3.26. The van der Waals surface area contributed by atoms with Crippen LogP contribution in [-0.2, 0) is 6.42 Å². The highest BCUT2D eigenvalue weighted by molar-refractivity contribution is 6.32. The first kappa shape index (κ1) is 13.4. The molecule has 5 nitrogen and oxygen atoms in total. The predicted molar refractivity (Wildman–Crippen MR) is 79.1 cm³/mol. The normalized spacial score (nSPS) is 17.1. The van der Waals surface area contributed by atoms with E-state index in [-0.39, 0.29) is 0 Å². The Labute approximate surface area is 123 Å². The van der Waals surface area contributed by atoms with Crippen molar-refractivity contribution < 1.29 is 9.47 Å². The predicted octanol–water partition coefficient (Wildman–Crippen LogP) is 1.59. The molecule has 0 radical (unpaired) electrons. The van der Waals surface area contributed by atoms with E-state index in [2.05, 4.69) is 15.6 Å². The Morgan fingerprint density at radius 2 is 2.20 bits per heavy atom. The Bertz CT molecular complexity index is 519. The third-order valence-corrected chi connectivity index (χ3v) is 3.54. The molecule has 0 atom stereocenters. The molecule has 2 aliphatic heterocycles. The first-order valence-electron chi connectivity index (χ1n) is 6.93. The van der Waals surface area contributed by atoms with Crippen molar-refractivity contribution in [2.75, 3.05) is 32.8 Å². The second kappa shape index (κ2) is 6.22. The van der Waals surface area contributed by atoms with Gasteiger partial charge in [0.2, 0.25) is 0 Å². The second-order valence-electron chi connectivity index (χ2n) is 4.79. The van der Waals surface area contributed by atoms with Crippen LogP contribution >= 0.6 is 11.6 Å². The van der Waals surface area contributed by atoms with Crippen LogP contribution in [0.4, 0.5) is 0 Å². The summed E-state index contributed by atoms with van der Waals surface area (Å²) in [6, 6.07) is 3.94. The number of rotatable bonds is 3. The van der Waals surface area contributed by atoms with Crippen LogP contribution < -0.4 is 20.1 Å². The van der Waals surface area contributed by atoms with Crippen molar-refractivity contribution >= 4 is 17.6 Å². The number of halogens is 1. The minimum Gasteiger partial charge on any atom is -0.486 e. The molecule has 0 unspecified atom stereocenters. The van der Waals surface area contributed by atoms with Crippen LogP contribution in [0.2, 0.25) is 5.02 Å². The van der Waals surface area contributed by atoms with Gasteiger partial charge in [0.25, 0.3) is 0 Å². The summed E-state index contributed by atoms with van der Waals surface area (Å²) in [6.07, 6.45) is 1.96. The Hall–Kier alpha value is -1.62. The number of ether oxygens (including phenoxy) is 2. The number of nitrogens with one attached hydrogen (secondary N) is 2. The van der Waals surface area contributed by atoms with Crippen molar-refractivity contribution in [3.05, 3.63) is 22.7 Å². The molecule has 6 heteroatoms. The zero-order valence-electron chi connectivity index (χ0n) is 11.2. The van der Waals surface area contributed by atoms with Gasteiger partial charge in [-0.25, -0.2) is 0 Å². The maximum Gasteiger partial charge on any atom is 0.191 e. The summed E-state index contributed by atoms with van der Waals surface area (Å²) < 4.78 is 11.1. The largest absolute Gasteiger partial charge is 0.486 e. The van der Waals surface area contributed by atoms with Crippen molar-refractivity contribution in [3.8, 4) is 11.5 Å². The summed E-state index contributed by atoms with van der Waals surface area (Å²) in [6.45, 7) is 3.82. The molecule has 2 heterocycles. The van der Waals surface area contributed by atoms with Gasteiger partial charge in [0.05, 0.1) is 5.02 Å². The smallest absolute Gasteiger partial charge is 0.191 e. The lowest BCUT2D eigenvalue weighted by Gasteiger charge is -2.20. The van der Waals surface area contributed by atoms with Gasteiger partial charge in [-0.3, -0.25) is 4.99 Å². The lowest BCUT2D eigenvalue weighted by molar-refractivity contribution is 0.171. The average Bonchev–Trinajstić information content (AvgIpc) is 2.48. The zero-order chi connectivity index (χ0) is 13.8. The standard InChI is InChI=1S/C14H18ClN3O2/c15-11-8-10(9-12-13(11)20-7-6-19-12)2-5-18-14-16-3-1-4-17-14/h8-9H,1-7H2,(H2,16,17,18). The first-order valence-corrected chi connectivity index (χ1v) is 7.31. The Kier molecular flexibility index (Phi) is 4.16. The summed E-state index contributed by atoms with van der Waals surface area (Å²) in [5.41, 5.74) is 1.13. The van der Waals surface area contributed by atoms with Gasteiger partial charge >= 0.3 is 0 Å². The van der Waals surface area contributed by atoms with E-state index in [0.29, 0.717) is 24.0 Å². The third kappa shape index (κ3) is 3.10. The highest BCUT2D eigenvalue weighted by Crippen LogP contribution is 2.38. The summed E-state index contributed by atoms with van der Waals surface area (Å²) in [7, 11) is 0. The fraction of sp³-hybridized carbons (Fsp3) is 0.500. The van der Waals surface area contributed by atoms with Gasteiger partial charge in [-0.1, -0.05) is 11.6 Å². The molecule has 0 aliphatic carbocycles. The minimum absolute atomic E-state index is 0.555. The van der Waals surface area contributed by atoms with E-state index < -0.39 is 0 Å². The summed E-state index contributed by atoms with van der Waals surface area (Å²) in [5, 5.41) is 7.14. The van der Waals surface area contributed by atoms with E-state index in [1.54, 1.807) is 0 Å². The van der Waals surface area contributed by atoms with Gasteiger partial charge in [-0.15, -0.1) is 0 Å². The SMILES string of the molecule is Clc1cc(CCNC2=NCCCN2)cc2c1OCCO2. The zero-order valence-corrected chi connectivity index (χ0v) is 12.0. The highest BCUT2D eigenvalue weighted by Gasteiger charge is 2.16. The van der Waals surface area contributed by atoms with Crippen LogP contribution in [0, 0.1) is 0 Å². The summed E-state index contributed by atoms with van der Waals surface area (Å²) in [5.74, 6) is 2.29. The van der Waals surface area contributed by atoms with E-state index in [1.165, 1.54) is 0 Å². The molecule has 1 aromatic carbocycles. The summed E-state index contributed by atoms with van der Waals surface area (Å²) in [4.78, 5) is 4.37. The van der Waals surface area contributed by atoms with Crippen LogP contribution in [0.25, 0.3) is 0 Å². The molecule has 0 bridgehead atoms. The van der Waals surface area contributed by atoms with Crippen LogP contribution in [0.3, 0.4) is 0 Å². The lowest BCUT2D eigenvalue weighted by Crippen LogP contribution is -2.41. The fourth-order valence-electron chi connectivity index (χ4n) is 2.28. The van der Waals surface area contributed by atoms with Crippen LogP contribution in [0.15, 0.2) is 17.1 Å². The van der Waals surface area contributed by atoms with Gasteiger partial charge in [0, 0.05) is 19.6 Å². The quantitative estimate of drug-likeness (QED) is 0.889. The monoisotopic (exact) mass is 295 g/mol. The molecule has 108 valence electrons. The molecular formula is C14H18ClN3O2. The molecule has 0 saturated heterocycles. The number of nitrogens with zero attached hydrogens (tertiary/aromatic N) is 1. The van der Waals surface area contributed by atoms with Gasteiger partial charge in [0.1, 0.15) is 13.2 Å². The maximum atomic E-state index is 6.21. The number of aliphatic imine (C=N–C) groups is 1. The molecule has 2 N–H and O–H groups in total. The molecule has 0 amide bonds. The van der Waals surface area contributed by atoms with E-state index in [9.17, 15) is 0 Å². The molecule has 3 rings (SSSR count). The Balaban J connectivity index is 1.60.